The van der Waals surface area contributed by atoms with Crippen LogP contribution >= 0.6 is 0 Å². The van der Waals surface area contributed by atoms with Gasteiger partial charge in [0.2, 0.25) is 0 Å². The van der Waals surface area contributed by atoms with Gasteiger partial charge in [-0.1, -0.05) is 0 Å². The van der Waals surface area contributed by atoms with Gasteiger partial charge in [0.1, 0.15) is 5.82 Å². The number of anilines is 2. The van der Waals surface area contributed by atoms with E-state index in [0.717, 1.165) is 0 Å². The van der Waals surface area contributed by atoms with Crippen molar-refractivity contribution in [1.82, 2.24) is 4.98 Å². The molecule has 0 aliphatic carbocycles. The first-order valence-electron chi connectivity index (χ1n) is 5.99. The summed E-state index contributed by atoms with van der Waals surface area (Å²) in [4.78, 5) is 15.4. The normalized spacial score (nSPS) is 12.8. The van der Waals surface area contributed by atoms with Crippen LogP contribution in [0.2, 0.25) is 0 Å². The smallest absolute Gasteiger partial charge is 0.391 e. The molecule has 1 rings (SSSR count). The van der Waals surface area contributed by atoms with E-state index in [4.69, 9.17) is 10.5 Å². The maximum absolute atomic E-state index is 12.3. The number of rotatable bonds is 5. The molecular weight excluding hydrogens is 275 g/mol. The average Bonchev–Trinajstić information content (AvgIpc) is 2.29. The van der Waals surface area contributed by atoms with Crippen molar-refractivity contribution < 1.29 is 22.7 Å². The molecule has 112 valence electrons. The summed E-state index contributed by atoms with van der Waals surface area (Å²) in [6.45, 7) is 3.17. The van der Waals surface area contributed by atoms with Gasteiger partial charge < -0.3 is 15.8 Å². The minimum Gasteiger partial charge on any atom is -0.462 e. The third-order valence-corrected chi connectivity index (χ3v) is 2.41. The number of esters is 1. The summed E-state index contributed by atoms with van der Waals surface area (Å²) in [6, 6.07) is 0.440. The Hall–Kier alpha value is -1.99. The highest BCUT2D eigenvalue weighted by Gasteiger charge is 2.30. The van der Waals surface area contributed by atoms with Gasteiger partial charge in [-0.3, -0.25) is 0 Å². The largest absolute Gasteiger partial charge is 0.462 e. The van der Waals surface area contributed by atoms with Crippen LogP contribution < -0.4 is 11.1 Å². The Kier molecular flexibility index (Phi) is 5.18. The maximum Gasteiger partial charge on any atom is 0.391 e. The van der Waals surface area contributed by atoms with E-state index in [-0.39, 0.29) is 23.7 Å². The fraction of sp³-hybridized carbons (Fsp3) is 0.500. The number of carbonyl (C=O) groups is 1. The zero-order valence-electron chi connectivity index (χ0n) is 11.1. The van der Waals surface area contributed by atoms with Crippen LogP contribution in [0.25, 0.3) is 0 Å². The highest BCUT2D eigenvalue weighted by atomic mass is 19.4. The first-order chi connectivity index (χ1) is 9.24. The topological polar surface area (TPSA) is 77.2 Å². The number of ether oxygens (including phenoxy) is 1. The van der Waals surface area contributed by atoms with Crippen molar-refractivity contribution in [3.63, 3.8) is 0 Å². The number of nitrogens with one attached hydrogen (secondary N) is 1. The molecule has 0 amide bonds. The molecule has 20 heavy (non-hydrogen) atoms. The molecule has 8 heteroatoms. The number of halogens is 3. The number of hydrogen-bond donors (Lipinski definition) is 2. The van der Waals surface area contributed by atoms with E-state index in [9.17, 15) is 18.0 Å². The molecule has 0 aliphatic rings. The molecule has 0 saturated heterocycles. The van der Waals surface area contributed by atoms with E-state index < -0.39 is 24.6 Å². The quantitative estimate of drug-likeness (QED) is 0.815. The summed E-state index contributed by atoms with van der Waals surface area (Å²) < 4.78 is 41.5. The van der Waals surface area contributed by atoms with Crippen LogP contribution in [0.3, 0.4) is 0 Å². The van der Waals surface area contributed by atoms with E-state index in [0.29, 0.717) is 0 Å². The van der Waals surface area contributed by atoms with Gasteiger partial charge in [-0.2, -0.15) is 13.2 Å². The molecule has 1 unspecified atom stereocenters. The van der Waals surface area contributed by atoms with Crippen molar-refractivity contribution >= 4 is 17.5 Å². The monoisotopic (exact) mass is 291 g/mol. The number of nitrogen functional groups attached to an aromatic ring is 1. The summed E-state index contributed by atoms with van der Waals surface area (Å²) in [6.07, 6.45) is -4.04. The lowest BCUT2D eigenvalue weighted by Gasteiger charge is -2.18. The fourth-order valence-corrected chi connectivity index (χ4v) is 1.61. The maximum atomic E-state index is 12.3. The van der Waals surface area contributed by atoms with Gasteiger partial charge in [-0.25, -0.2) is 9.78 Å². The van der Waals surface area contributed by atoms with Crippen LogP contribution in [0.1, 0.15) is 30.6 Å². The van der Waals surface area contributed by atoms with Crippen molar-refractivity contribution in [2.24, 2.45) is 0 Å². The minimum atomic E-state index is -4.29. The van der Waals surface area contributed by atoms with Crippen molar-refractivity contribution in [1.29, 1.82) is 0 Å². The number of nitrogens with two attached hydrogens (primary N) is 1. The molecule has 1 heterocycles. The predicted octanol–water partition coefficient (Wildman–Crippen LogP) is 2.59. The van der Waals surface area contributed by atoms with Crippen molar-refractivity contribution in [3.8, 4) is 0 Å². The van der Waals surface area contributed by atoms with Crippen LogP contribution in [-0.2, 0) is 4.74 Å². The molecule has 0 saturated carbocycles. The summed E-state index contributed by atoms with van der Waals surface area (Å²) in [5.41, 5.74) is 5.76. The molecule has 0 aromatic carbocycles. The molecular formula is C12H16F3N3O2. The zero-order chi connectivity index (χ0) is 15.3. The minimum absolute atomic E-state index is 0.0278. The lowest BCUT2D eigenvalue weighted by Crippen LogP contribution is -2.25. The van der Waals surface area contributed by atoms with Crippen molar-refractivity contribution in [3.05, 3.63) is 17.8 Å². The molecule has 1 aromatic heterocycles. The number of aromatic nitrogens is 1. The molecule has 0 spiro atoms. The van der Waals surface area contributed by atoms with Gasteiger partial charge in [0.25, 0.3) is 0 Å². The van der Waals surface area contributed by atoms with E-state index in [1.54, 1.807) is 6.92 Å². The SMILES string of the molecule is CCOC(=O)c1ccnc(NC(C)CC(F)(F)F)c1N. The second kappa shape index (κ2) is 6.44. The molecule has 0 aliphatic heterocycles. The third kappa shape index (κ3) is 4.60. The second-order valence-corrected chi connectivity index (χ2v) is 4.21. The Morgan fingerprint density at radius 2 is 2.20 bits per heavy atom. The number of pyridine rings is 1. The van der Waals surface area contributed by atoms with E-state index in [1.165, 1.54) is 19.2 Å². The van der Waals surface area contributed by atoms with Gasteiger partial charge in [0, 0.05) is 12.2 Å². The van der Waals surface area contributed by atoms with Gasteiger partial charge in [-0.15, -0.1) is 0 Å². The first-order valence-corrected chi connectivity index (χ1v) is 5.99. The Bertz CT molecular complexity index is 478. The Morgan fingerprint density at radius 1 is 1.55 bits per heavy atom. The third-order valence-electron chi connectivity index (χ3n) is 2.41. The molecule has 1 atom stereocenters. The Labute approximate surface area is 114 Å². The van der Waals surface area contributed by atoms with Crippen molar-refractivity contribution in [2.45, 2.75) is 32.5 Å². The van der Waals surface area contributed by atoms with Crippen LogP contribution in [0, 0.1) is 0 Å². The lowest BCUT2D eigenvalue weighted by atomic mass is 10.2. The van der Waals surface area contributed by atoms with Crippen LogP contribution in [0.4, 0.5) is 24.7 Å². The number of hydrogen-bond acceptors (Lipinski definition) is 5. The first kappa shape index (κ1) is 16.1. The summed E-state index contributed by atoms with van der Waals surface area (Å²) in [5.74, 6) is -0.605. The highest BCUT2D eigenvalue weighted by Crippen LogP contribution is 2.26. The highest BCUT2D eigenvalue weighted by molar-refractivity contribution is 5.97. The molecule has 5 nitrogen and oxygen atoms in total. The Morgan fingerprint density at radius 3 is 2.75 bits per heavy atom. The molecule has 3 N–H and O–H groups in total. The lowest BCUT2D eigenvalue weighted by molar-refractivity contribution is -0.136. The summed E-state index contributed by atoms with van der Waals surface area (Å²) >= 11 is 0. The second-order valence-electron chi connectivity index (χ2n) is 4.21. The summed E-state index contributed by atoms with van der Waals surface area (Å²) in [5, 5.41) is 2.54. The van der Waals surface area contributed by atoms with Crippen LogP contribution in [0.15, 0.2) is 12.3 Å². The zero-order valence-corrected chi connectivity index (χ0v) is 11.1. The molecule has 0 radical (unpaired) electrons. The molecule has 0 fully saturated rings. The number of nitrogens with zero attached hydrogens (tertiary/aromatic N) is 1. The van der Waals surface area contributed by atoms with Crippen LogP contribution in [-0.4, -0.2) is 29.8 Å². The standard InChI is InChI=1S/C12H16F3N3O2/c1-3-20-11(19)8-4-5-17-10(9(8)16)18-7(2)6-12(13,14)15/h4-5,7H,3,6,16H2,1-2H3,(H,17,18). The predicted molar refractivity (Wildman–Crippen MR) is 68.4 cm³/mol. The number of alkyl halides is 3. The van der Waals surface area contributed by atoms with E-state index in [2.05, 4.69) is 10.3 Å². The van der Waals surface area contributed by atoms with E-state index >= 15 is 0 Å². The average molecular weight is 291 g/mol. The van der Waals surface area contributed by atoms with Crippen molar-refractivity contribution in [2.75, 3.05) is 17.7 Å². The summed E-state index contributed by atoms with van der Waals surface area (Å²) in [7, 11) is 0. The number of carbonyl (C=O) groups excluding carboxylic acids is 1. The fourth-order valence-electron chi connectivity index (χ4n) is 1.61. The van der Waals surface area contributed by atoms with Crippen LogP contribution in [0.5, 0.6) is 0 Å². The van der Waals surface area contributed by atoms with Gasteiger partial charge in [0.05, 0.1) is 24.3 Å². The van der Waals surface area contributed by atoms with Gasteiger partial charge >= 0.3 is 12.1 Å². The molecule has 0 bridgehead atoms. The Balaban J connectivity index is 2.86. The van der Waals surface area contributed by atoms with Gasteiger partial charge in [-0.05, 0) is 19.9 Å². The van der Waals surface area contributed by atoms with Gasteiger partial charge in [0.15, 0.2) is 0 Å². The van der Waals surface area contributed by atoms with E-state index in [1.807, 2.05) is 0 Å². The molecule has 1 aromatic rings.